The number of carbonyl (C=O) groups is 3. The summed E-state index contributed by atoms with van der Waals surface area (Å²) in [5.41, 5.74) is 0. The second kappa shape index (κ2) is 8.15. The molecule has 0 aromatic rings. The first-order valence-corrected chi connectivity index (χ1v) is 8.08. The molecule has 1 aliphatic rings. The van der Waals surface area contributed by atoms with E-state index in [0.717, 1.165) is 12.8 Å². The minimum atomic E-state index is -1.03. The molecule has 6 nitrogen and oxygen atoms in total. The number of hydrogen-bond acceptors (Lipinski definition) is 3. The van der Waals surface area contributed by atoms with Gasteiger partial charge < -0.3 is 15.3 Å². The third-order valence-corrected chi connectivity index (χ3v) is 4.09. The van der Waals surface area contributed by atoms with Gasteiger partial charge in [-0.1, -0.05) is 27.2 Å². The molecule has 0 spiro atoms. The predicted molar refractivity (Wildman–Crippen MR) is 83.2 cm³/mol. The lowest BCUT2D eigenvalue weighted by atomic mass is 10.0. The van der Waals surface area contributed by atoms with Crippen molar-refractivity contribution >= 4 is 17.8 Å². The van der Waals surface area contributed by atoms with E-state index in [9.17, 15) is 19.5 Å². The van der Waals surface area contributed by atoms with E-state index in [2.05, 4.69) is 12.2 Å². The van der Waals surface area contributed by atoms with E-state index in [-0.39, 0.29) is 30.2 Å². The van der Waals surface area contributed by atoms with Crippen LogP contribution in [0.15, 0.2) is 0 Å². The SMILES string of the molecule is CCCC(C)N1CC(C(=O)NC(CC(C)C)C(=O)O)CC1=O. The maximum Gasteiger partial charge on any atom is 0.326 e. The second-order valence-corrected chi connectivity index (χ2v) is 6.61. The highest BCUT2D eigenvalue weighted by atomic mass is 16.4. The second-order valence-electron chi connectivity index (χ2n) is 6.61. The van der Waals surface area contributed by atoms with Gasteiger partial charge >= 0.3 is 5.97 Å². The van der Waals surface area contributed by atoms with Crippen molar-refractivity contribution in [2.24, 2.45) is 11.8 Å². The van der Waals surface area contributed by atoms with Crippen LogP contribution in [0.5, 0.6) is 0 Å². The number of likely N-dealkylation sites (tertiary alicyclic amines) is 1. The Kier molecular flexibility index (Phi) is 6.84. The molecule has 3 unspecified atom stereocenters. The van der Waals surface area contributed by atoms with Crippen LogP contribution in [0.3, 0.4) is 0 Å². The maximum atomic E-state index is 12.3. The van der Waals surface area contributed by atoms with Gasteiger partial charge in [0.05, 0.1) is 5.92 Å². The average Bonchev–Trinajstić information content (AvgIpc) is 2.79. The van der Waals surface area contributed by atoms with Gasteiger partial charge in [-0.05, 0) is 25.7 Å². The van der Waals surface area contributed by atoms with Gasteiger partial charge in [0.25, 0.3) is 0 Å². The molecule has 2 amide bonds. The number of hydrogen-bond donors (Lipinski definition) is 2. The molecule has 2 N–H and O–H groups in total. The van der Waals surface area contributed by atoms with Gasteiger partial charge in [0.15, 0.2) is 0 Å². The quantitative estimate of drug-likeness (QED) is 0.713. The zero-order chi connectivity index (χ0) is 16.9. The normalized spacial score (nSPS) is 21.0. The monoisotopic (exact) mass is 312 g/mol. The Morgan fingerprint density at radius 1 is 1.36 bits per heavy atom. The number of carboxylic acid groups (broad SMARTS) is 1. The highest BCUT2D eigenvalue weighted by molar-refractivity contribution is 5.91. The van der Waals surface area contributed by atoms with E-state index in [1.165, 1.54) is 0 Å². The Labute approximate surface area is 132 Å². The Hall–Kier alpha value is -1.59. The van der Waals surface area contributed by atoms with Gasteiger partial charge in [-0.3, -0.25) is 9.59 Å². The molecule has 0 bridgehead atoms. The third kappa shape index (κ3) is 5.00. The summed E-state index contributed by atoms with van der Waals surface area (Å²) >= 11 is 0. The van der Waals surface area contributed by atoms with Crippen LogP contribution in [0.1, 0.15) is 53.4 Å². The molecule has 1 aliphatic heterocycles. The first-order valence-electron chi connectivity index (χ1n) is 8.08. The largest absolute Gasteiger partial charge is 0.480 e. The van der Waals surface area contributed by atoms with Crippen LogP contribution in [-0.2, 0) is 14.4 Å². The van der Waals surface area contributed by atoms with Crippen molar-refractivity contribution < 1.29 is 19.5 Å². The molecule has 126 valence electrons. The highest BCUT2D eigenvalue weighted by Gasteiger charge is 2.37. The summed E-state index contributed by atoms with van der Waals surface area (Å²) < 4.78 is 0. The van der Waals surface area contributed by atoms with Crippen molar-refractivity contribution in [3.8, 4) is 0 Å². The molecule has 1 rings (SSSR count). The molecule has 22 heavy (non-hydrogen) atoms. The fraction of sp³-hybridized carbons (Fsp3) is 0.812. The molecule has 1 fully saturated rings. The summed E-state index contributed by atoms with van der Waals surface area (Å²) in [5.74, 6) is -1.64. The standard InChI is InChI=1S/C16H28N2O4/c1-5-6-11(4)18-9-12(8-14(18)19)15(20)17-13(16(21)22)7-10(2)3/h10-13H,5-9H2,1-4H3,(H,17,20)(H,21,22). The van der Waals surface area contributed by atoms with Gasteiger partial charge in [0.2, 0.25) is 11.8 Å². The maximum absolute atomic E-state index is 12.3. The van der Waals surface area contributed by atoms with Crippen LogP contribution in [0, 0.1) is 11.8 Å². The van der Waals surface area contributed by atoms with Gasteiger partial charge in [0, 0.05) is 19.0 Å². The molecule has 6 heteroatoms. The smallest absolute Gasteiger partial charge is 0.326 e. The molecule has 0 saturated carbocycles. The lowest BCUT2D eigenvalue weighted by molar-refractivity contribution is -0.142. The van der Waals surface area contributed by atoms with Gasteiger partial charge in [-0.15, -0.1) is 0 Å². The topological polar surface area (TPSA) is 86.7 Å². The van der Waals surface area contributed by atoms with E-state index in [4.69, 9.17) is 0 Å². The number of carbonyl (C=O) groups excluding carboxylic acids is 2. The summed E-state index contributed by atoms with van der Waals surface area (Å²) in [5, 5.41) is 11.8. The van der Waals surface area contributed by atoms with Gasteiger partial charge in [-0.2, -0.15) is 0 Å². The van der Waals surface area contributed by atoms with Crippen molar-refractivity contribution in [1.82, 2.24) is 10.2 Å². The molecule has 1 saturated heterocycles. The van der Waals surface area contributed by atoms with Crippen molar-refractivity contribution in [2.45, 2.75) is 65.5 Å². The van der Waals surface area contributed by atoms with Crippen molar-refractivity contribution in [1.29, 1.82) is 0 Å². The Bertz CT molecular complexity index is 422. The number of amides is 2. The van der Waals surface area contributed by atoms with Crippen LogP contribution in [0.25, 0.3) is 0 Å². The molecule has 1 heterocycles. The fourth-order valence-corrected chi connectivity index (χ4v) is 2.89. The number of nitrogens with one attached hydrogen (secondary N) is 1. The first kappa shape index (κ1) is 18.5. The van der Waals surface area contributed by atoms with E-state index < -0.39 is 17.9 Å². The number of aliphatic carboxylic acids is 1. The fourth-order valence-electron chi connectivity index (χ4n) is 2.89. The summed E-state index contributed by atoms with van der Waals surface area (Å²) in [4.78, 5) is 37.2. The summed E-state index contributed by atoms with van der Waals surface area (Å²) in [6, 6.07) is -0.758. The highest BCUT2D eigenvalue weighted by Crippen LogP contribution is 2.22. The van der Waals surface area contributed by atoms with Crippen LogP contribution in [-0.4, -0.2) is 46.4 Å². The van der Waals surface area contributed by atoms with Crippen LogP contribution >= 0.6 is 0 Å². The van der Waals surface area contributed by atoms with Crippen LogP contribution < -0.4 is 5.32 Å². The van der Waals surface area contributed by atoms with E-state index in [0.29, 0.717) is 13.0 Å². The zero-order valence-corrected chi connectivity index (χ0v) is 14.0. The van der Waals surface area contributed by atoms with E-state index in [1.54, 1.807) is 4.90 Å². The predicted octanol–water partition coefficient (Wildman–Crippen LogP) is 1.64. The summed E-state index contributed by atoms with van der Waals surface area (Å²) in [6.07, 6.45) is 2.45. The van der Waals surface area contributed by atoms with Crippen LogP contribution in [0.2, 0.25) is 0 Å². The molecular formula is C16H28N2O4. The minimum Gasteiger partial charge on any atom is -0.480 e. The lowest BCUT2D eigenvalue weighted by Gasteiger charge is -2.24. The number of carboxylic acids is 1. The van der Waals surface area contributed by atoms with E-state index in [1.807, 2.05) is 20.8 Å². The number of nitrogens with zero attached hydrogens (tertiary/aromatic N) is 1. The summed E-state index contributed by atoms with van der Waals surface area (Å²) in [7, 11) is 0. The first-order chi connectivity index (χ1) is 10.3. The molecule has 0 aromatic heterocycles. The molecule has 0 radical (unpaired) electrons. The lowest BCUT2D eigenvalue weighted by Crippen LogP contribution is -2.45. The van der Waals surface area contributed by atoms with Gasteiger partial charge in [-0.25, -0.2) is 4.79 Å². The Balaban J connectivity index is 2.63. The summed E-state index contributed by atoms with van der Waals surface area (Å²) in [6.45, 7) is 8.26. The number of rotatable bonds is 8. The van der Waals surface area contributed by atoms with Crippen molar-refractivity contribution in [3.05, 3.63) is 0 Å². The van der Waals surface area contributed by atoms with Crippen LogP contribution in [0.4, 0.5) is 0 Å². The molecule has 3 atom stereocenters. The Morgan fingerprint density at radius 2 is 2.00 bits per heavy atom. The molecular weight excluding hydrogens is 284 g/mol. The minimum absolute atomic E-state index is 0.0168. The van der Waals surface area contributed by atoms with Gasteiger partial charge in [0.1, 0.15) is 6.04 Å². The molecule has 0 aromatic carbocycles. The average molecular weight is 312 g/mol. The zero-order valence-electron chi connectivity index (χ0n) is 14.0. The third-order valence-electron chi connectivity index (χ3n) is 4.09. The van der Waals surface area contributed by atoms with Crippen molar-refractivity contribution in [2.75, 3.05) is 6.54 Å². The Morgan fingerprint density at radius 3 is 2.50 bits per heavy atom. The van der Waals surface area contributed by atoms with E-state index >= 15 is 0 Å². The molecule has 0 aliphatic carbocycles. The van der Waals surface area contributed by atoms with Crippen molar-refractivity contribution in [3.63, 3.8) is 0 Å².